The van der Waals surface area contributed by atoms with Gasteiger partial charge < -0.3 is 15.8 Å². The first kappa shape index (κ1) is 14.2. The Morgan fingerprint density at radius 1 is 1.30 bits per heavy atom. The molecule has 2 rings (SSSR count). The number of hydrogen-bond donors (Lipinski definition) is 2. The average molecular weight is 332 g/mol. The van der Waals surface area contributed by atoms with E-state index in [0.717, 1.165) is 10.2 Å². The van der Waals surface area contributed by atoms with Gasteiger partial charge in [0.2, 0.25) is 0 Å². The number of anilines is 3. The van der Waals surface area contributed by atoms with Crippen LogP contribution in [0.4, 0.5) is 17.1 Å². The first-order valence-corrected chi connectivity index (χ1v) is 6.93. The second kappa shape index (κ2) is 6.31. The number of halogens is 1. The van der Waals surface area contributed by atoms with Gasteiger partial charge in [-0.25, -0.2) is 0 Å². The Balaban J connectivity index is 2.36. The number of para-hydroxylation sites is 1. The Bertz CT molecular complexity index is 665. The maximum Gasteiger partial charge on any atom is 0.144 e. The molecular formula is C15H14BrN3O. The normalized spacial score (nSPS) is 9.85. The third-order valence-electron chi connectivity index (χ3n) is 2.74. The van der Waals surface area contributed by atoms with Crippen LogP contribution >= 0.6 is 15.9 Å². The monoisotopic (exact) mass is 331 g/mol. The van der Waals surface area contributed by atoms with Crippen LogP contribution in [0.3, 0.4) is 0 Å². The zero-order valence-electron chi connectivity index (χ0n) is 11.0. The maximum atomic E-state index is 9.16. The highest BCUT2D eigenvalue weighted by Gasteiger charge is 2.08. The second-order valence-corrected chi connectivity index (χ2v) is 4.99. The number of nitrogens with one attached hydrogen (secondary N) is 1. The number of rotatable bonds is 4. The molecule has 0 atom stereocenters. The molecule has 0 aliphatic heterocycles. The highest BCUT2D eigenvalue weighted by molar-refractivity contribution is 9.10. The number of nitrogen functional groups attached to an aromatic ring is 1. The molecule has 5 heteroatoms. The molecule has 0 saturated carbocycles. The smallest absolute Gasteiger partial charge is 0.144 e. The first-order chi connectivity index (χ1) is 9.65. The molecule has 0 aliphatic rings. The Morgan fingerprint density at radius 2 is 2.10 bits per heavy atom. The lowest BCUT2D eigenvalue weighted by molar-refractivity contribution is 0.342. The topological polar surface area (TPSA) is 71.1 Å². The SMILES string of the molecule is CCOc1cccc(Nc2ccc(Br)cc2C#N)c1N. The summed E-state index contributed by atoms with van der Waals surface area (Å²) in [5.74, 6) is 0.633. The number of ether oxygens (including phenoxy) is 1. The van der Waals surface area contributed by atoms with E-state index in [9.17, 15) is 0 Å². The van der Waals surface area contributed by atoms with E-state index in [1.165, 1.54) is 0 Å². The largest absolute Gasteiger partial charge is 0.492 e. The van der Waals surface area contributed by atoms with E-state index < -0.39 is 0 Å². The summed E-state index contributed by atoms with van der Waals surface area (Å²) in [6, 6.07) is 13.1. The summed E-state index contributed by atoms with van der Waals surface area (Å²) in [6.45, 7) is 2.46. The zero-order valence-corrected chi connectivity index (χ0v) is 12.6. The van der Waals surface area contributed by atoms with Crippen molar-refractivity contribution in [2.24, 2.45) is 0 Å². The summed E-state index contributed by atoms with van der Waals surface area (Å²) < 4.78 is 6.31. The van der Waals surface area contributed by atoms with E-state index in [-0.39, 0.29) is 0 Å². The number of nitrogens with two attached hydrogens (primary N) is 1. The van der Waals surface area contributed by atoms with Crippen molar-refractivity contribution in [3.8, 4) is 11.8 Å². The van der Waals surface area contributed by atoms with Crippen LogP contribution in [-0.2, 0) is 0 Å². The molecule has 20 heavy (non-hydrogen) atoms. The van der Waals surface area contributed by atoms with E-state index in [2.05, 4.69) is 27.3 Å². The summed E-state index contributed by atoms with van der Waals surface area (Å²) in [5.41, 5.74) is 8.55. The van der Waals surface area contributed by atoms with Crippen molar-refractivity contribution in [3.05, 3.63) is 46.4 Å². The lowest BCUT2D eigenvalue weighted by Gasteiger charge is -2.14. The molecule has 2 aromatic rings. The fraction of sp³-hybridized carbons (Fsp3) is 0.133. The van der Waals surface area contributed by atoms with Crippen LogP contribution in [0.25, 0.3) is 0 Å². The molecule has 0 unspecified atom stereocenters. The molecule has 2 aromatic carbocycles. The number of nitrogens with zero attached hydrogens (tertiary/aromatic N) is 1. The summed E-state index contributed by atoms with van der Waals surface area (Å²) in [5, 5.41) is 12.3. The van der Waals surface area contributed by atoms with Crippen LogP contribution in [0.5, 0.6) is 5.75 Å². The molecule has 102 valence electrons. The van der Waals surface area contributed by atoms with Gasteiger partial charge in [0.15, 0.2) is 0 Å². The van der Waals surface area contributed by atoms with Gasteiger partial charge in [0, 0.05) is 4.47 Å². The van der Waals surface area contributed by atoms with Crippen LogP contribution in [0.2, 0.25) is 0 Å². The van der Waals surface area contributed by atoms with E-state index in [1.807, 2.05) is 37.3 Å². The fourth-order valence-corrected chi connectivity index (χ4v) is 2.16. The second-order valence-electron chi connectivity index (χ2n) is 4.08. The summed E-state index contributed by atoms with van der Waals surface area (Å²) in [4.78, 5) is 0. The van der Waals surface area contributed by atoms with Crippen LogP contribution < -0.4 is 15.8 Å². The van der Waals surface area contributed by atoms with Gasteiger partial charge in [-0.1, -0.05) is 22.0 Å². The predicted molar refractivity (Wildman–Crippen MR) is 84.2 cm³/mol. The van der Waals surface area contributed by atoms with Crippen LogP contribution in [0.1, 0.15) is 12.5 Å². The van der Waals surface area contributed by atoms with Gasteiger partial charge in [-0.05, 0) is 37.3 Å². The maximum absolute atomic E-state index is 9.16. The standard InChI is InChI=1S/C15H14BrN3O/c1-2-20-14-5-3-4-13(15(14)18)19-12-7-6-11(16)8-10(12)9-17/h3-8,19H,2,18H2,1H3. The lowest BCUT2D eigenvalue weighted by Crippen LogP contribution is -2.02. The van der Waals surface area contributed by atoms with Gasteiger partial charge in [-0.15, -0.1) is 0 Å². The quantitative estimate of drug-likeness (QED) is 0.829. The van der Waals surface area contributed by atoms with Gasteiger partial charge in [0.1, 0.15) is 11.8 Å². The molecule has 0 amide bonds. The Kier molecular flexibility index (Phi) is 4.49. The van der Waals surface area contributed by atoms with Crippen molar-refractivity contribution < 1.29 is 4.74 Å². The molecule has 0 bridgehead atoms. The van der Waals surface area contributed by atoms with Gasteiger partial charge in [-0.3, -0.25) is 0 Å². The minimum Gasteiger partial charge on any atom is -0.492 e. The Labute approximate surface area is 126 Å². The fourth-order valence-electron chi connectivity index (χ4n) is 1.80. The Hall–Kier alpha value is -2.19. The Morgan fingerprint density at radius 3 is 2.80 bits per heavy atom. The molecule has 0 radical (unpaired) electrons. The van der Waals surface area contributed by atoms with E-state index >= 15 is 0 Å². The van der Waals surface area contributed by atoms with Crippen LogP contribution in [0.15, 0.2) is 40.9 Å². The van der Waals surface area contributed by atoms with Crippen molar-refractivity contribution in [2.45, 2.75) is 6.92 Å². The zero-order chi connectivity index (χ0) is 14.5. The molecule has 0 spiro atoms. The van der Waals surface area contributed by atoms with Gasteiger partial charge >= 0.3 is 0 Å². The van der Waals surface area contributed by atoms with E-state index in [1.54, 1.807) is 6.07 Å². The van der Waals surface area contributed by atoms with Crippen molar-refractivity contribution in [1.82, 2.24) is 0 Å². The number of hydrogen-bond acceptors (Lipinski definition) is 4. The number of nitriles is 1. The number of benzene rings is 2. The third kappa shape index (κ3) is 3.03. The average Bonchev–Trinajstić information content (AvgIpc) is 2.45. The van der Waals surface area contributed by atoms with Gasteiger partial charge in [-0.2, -0.15) is 5.26 Å². The molecule has 0 fully saturated rings. The summed E-state index contributed by atoms with van der Waals surface area (Å²) in [6.07, 6.45) is 0. The van der Waals surface area contributed by atoms with Crippen molar-refractivity contribution in [1.29, 1.82) is 5.26 Å². The van der Waals surface area contributed by atoms with E-state index in [4.69, 9.17) is 15.7 Å². The first-order valence-electron chi connectivity index (χ1n) is 6.13. The lowest BCUT2D eigenvalue weighted by atomic mass is 10.1. The van der Waals surface area contributed by atoms with Gasteiger partial charge in [0.25, 0.3) is 0 Å². The minimum absolute atomic E-state index is 0.529. The molecule has 0 saturated heterocycles. The molecule has 3 N–H and O–H groups in total. The minimum atomic E-state index is 0.529. The predicted octanol–water partition coefficient (Wildman–Crippen LogP) is 4.05. The van der Waals surface area contributed by atoms with Gasteiger partial charge in [0.05, 0.1) is 29.2 Å². The molecular weight excluding hydrogens is 318 g/mol. The highest BCUT2D eigenvalue weighted by Crippen LogP contribution is 2.33. The van der Waals surface area contributed by atoms with Crippen molar-refractivity contribution in [3.63, 3.8) is 0 Å². The van der Waals surface area contributed by atoms with Crippen molar-refractivity contribution in [2.75, 3.05) is 17.7 Å². The third-order valence-corrected chi connectivity index (χ3v) is 3.23. The van der Waals surface area contributed by atoms with E-state index in [0.29, 0.717) is 29.3 Å². The van der Waals surface area contributed by atoms with Crippen LogP contribution in [0, 0.1) is 11.3 Å². The van der Waals surface area contributed by atoms with Crippen LogP contribution in [-0.4, -0.2) is 6.61 Å². The highest BCUT2D eigenvalue weighted by atomic mass is 79.9. The summed E-state index contributed by atoms with van der Waals surface area (Å²) >= 11 is 3.35. The molecule has 4 nitrogen and oxygen atoms in total. The van der Waals surface area contributed by atoms with Crippen molar-refractivity contribution >= 4 is 33.0 Å². The summed E-state index contributed by atoms with van der Waals surface area (Å²) in [7, 11) is 0. The molecule has 0 aliphatic carbocycles. The molecule has 0 aromatic heterocycles. The molecule has 0 heterocycles.